The lowest BCUT2D eigenvalue weighted by molar-refractivity contribution is 0.590. The maximum Gasteiger partial charge on any atom is 0.0618 e. The molecule has 0 aliphatic carbocycles. The third kappa shape index (κ3) is 5.51. The van der Waals surface area contributed by atoms with Crippen molar-refractivity contribution in [3.63, 3.8) is 0 Å². The van der Waals surface area contributed by atoms with Gasteiger partial charge in [0.1, 0.15) is 0 Å². The maximum atomic E-state index is 6.58. The van der Waals surface area contributed by atoms with Gasteiger partial charge in [-0.15, -0.1) is 0 Å². The van der Waals surface area contributed by atoms with E-state index in [1.807, 2.05) is 18.2 Å². The Labute approximate surface area is 233 Å². The van der Waals surface area contributed by atoms with Gasteiger partial charge in [0.25, 0.3) is 0 Å². The van der Waals surface area contributed by atoms with E-state index in [4.69, 9.17) is 11.6 Å². The van der Waals surface area contributed by atoms with Crippen molar-refractivity contribution < 1.29 is 0 Å². The number of anilines is 3. The number of halogens is 2. The number of hydrogen-bond donors (Lipinski definition) is 0. The molecule has 3 heteroatoms. The quantitative estimate of drug-likeness (QED) is 0.204. The summed E-state index contributed by atoms with van der Waals surface area (Å²) in [5, 5.41) is 0.701. The summed E-state index contributed by atoms with van der Waals surface area (Å²) in [5.74, 6) is 0. The molecule has 0 saturated heterocycles. The Balaban J connectivity index is 1.89. The van der Waals surface area contributed by atoms with Crippen LogP contribution in [0.4, 0.5) is 17.1 Å². The predicted octanol–water partition coefficient (Wildman–Crippen LogP) is 11.2. The van der Waals surface area contributed by atoms with Crippen LogP contribution in [0.25, 0.3) is 22.3 Å². The van der Waals surface area contributed by atoms with E-state index < -0.39 is 0 Å². The fourth-order valence-corrected chi connectivity index (χ4v) is 5.31. The second-order valence-corrected chi connectivity index (χ2v) is 11.5. The van der Waals surface area contributed by atoms with Gasteiger partial charge in [-0.3, -0.25) is 0 Å². The Morgan fingerprint density at radius 2 is 1.16 bits per heavy atom. The number of para-hydroxylation sites is 1. The average molecular weight is 567 g/mol. The fraction of sp³-hybridized carbons (Fsp3) is 0.118. The molecule has 0 saturated carbocycles. The van der Waals surface area contributed by atoms with Crippen molar-refractivity contribution in [3.05, 3.63) is 136 Å². The highest BCUT2D eigenvalue weighted by atomic mass is 79.9. The molecule has 0 aliphatic heterocycles. The van der Waals surface area contributed by atoms with Crippen LogP contribution in [-0.2, 0) is 5.41 Å². The van der Waals surface area contributed by atoms with Gasteiger partial charge in [0.2, 0.25) is 0 Å². The molecule has 0 spiro atoms. The summed E-state index contributed by atoms with van der Waals surface area (Å²) in [7, 11) is 0. The predicted molar refractivity (Wildman–Crippen MR) is 163 cm³/mol. The van der Waals surface area contributed by atoms with Crippen LogP contribution in [0.1, 0.15) is 26.3 Å². The van der Waals surface area contributed by atoms with Crippen LogP contribution in [0.5, 0.6) is 0 Å². The van der Waals surface area contributed by atoms with Gasteiger partial charge in [-0.2, -0.15) is 0 Å². The van der Waals surface area contributed by atoms with E-state index in [1.54, 1.807) is 0 Å². The first-order valence-electron chi connectivity index (χ1n) is 12.4. The number of benzene rings is 5. The Hall–Kier alpha value is -3.33. The van der Waals surface area contributed by atoms with Crippen LogP contribution in [0.3, 0.4) is 0 Å². The van der Waals surface area contributed by atoms with Crippen molar-refractivity contribution >= 4 is 44.6 Å². The van der Waals surface area contributed by atoms with Crippen molar-refractivity contribution in [3.8, 4) is 22.3 Å². The van der Waals surface area contributed by atoms with Crippen LogP contribution >= 0.6 is 27.5 Å². The molecule has 5 aromatic rings. The zero-order valence-electron chi connectivity index (χ0n) is 21.3. The second-order valence-electron chi connectivity index (χ2n) is 10.2. The molecular formula is C34H29BrClN. The topological polar surface area (TPSA) is 3.24 Å². The molecule has 0 N–H and O–H groups in total. The Bertz CT molecular complexity index is 1460. The third-order valence-electron chi connectivity index (χ3n) is 6.50. The van der Waals surface area contributed by atoms with Gasteiger partial charge in [0.05, 0.1) is 5.69 Å². The fourth-order valence-electron chi connectivity index (χ4n) is 4.64. The molecule has 37 heavy (non-hydrogen) atoms. The lowest BCUT2D eigenvalue weighted by Crippen LogP contribution is -2.16. The zero-order valence-corrected chi connectivity index (χ0v) is 23.6. The van der Waals surface area contributed by atoms with Crippen LogP contribution in [0, 0.1) is 0 Å². The Morgan fingerprint density at radius 3 is 1.70 bits per heavy atom. The standard InChI is InChI=1S/C34H29BrClN/c1-34(2,3)26-20-27(35)22-30(21-26)37(29-17-10-16-28(36)23-29)33-31(24-12-6-4-7-13-24)18-11-19-32(33)25-14-8-5-9-15-25/h4-23H,1-3H3. The van der Waals surface area contributed by atoms with E-state index in [0.717, 1.165) is 43.8 Å². The van der Waals surface area contributed by atoms with E-state index in [0.29, 0.717) is 5.02 Å². The minimum Gasteiger partial charge on any atom is -0.309 e. The van der Waals surface area contributed by atoms with Gasteiger partial charge in [0, 0.05) is 32.0 Å². The Kier molecular flexibility index (Phi) is 7.24. The lowest BCUT2D eigenvalue weighted by atomic mass is 9.86. The van der Waals surface area contributed by atoms with Crippen molar-refractivity contribution in [1.82, 2.24) is 0 Å². The van der Waals surface area contributed by atoms with Gasteiger partial charge < -0.3 is 4.90 Å². The SMILES string of the molecule is CC(C)(C)c1cc(Br)cc(N(c2cccc(Cl)c2)c2c(-c3ccccc3)cccc2-c2ccccc2)c1. The van der Waals surface area contributed by atoms with Crippen molar-refractivity contribution in [2.45, 2.75) is 26.2 Å². The number of hydrogen-bond acceptors (Lipinski definition) is 1. The Morgan fingerprint density at radius 1 is 0.595 bits per heavy atom. The minimum atomic E-state index is -0.0141. The van der Waals surface area contributed by atoms with Crippen molar-refractivity contribution in [2.75, 3.05) is 4.90 Å². The third-order valence-corrected chi connectivity index (χ3v) is 7.20. The molecule has 0 heterocycles. The molecule has 0 atom stereocenters. The van der Waals surface area contributed by atoms with E-state index >= 15 is 0 Å². The molecule has 5 aromatic carbocycles. The van der Waals surface area contributed by atoms with Crippen molar-refractivity contribution in [2.24, 2.45) is 0 Å². The van der Waals surface area contributed by atoms with Crippen LogP contribution in [0.15, 0.2) is 126 Å². The summed E-state index contributed by atoms with van der Waals surface area (Å²) < 4.78 is 1.04. The highest BCUT2D eigenvalue weighted by Gasteiger charge is 2.24. The van der Waals surface area contributed by atoms with Crippen LogP contribution in [0.2, 0.25) is 5.02 Å². The molecule has 5 rings (SSSR count). The first-order chi connectivity index (χ1) is 17.8. The summed E-state index contributed by atoms with van der Waals surface area (Å²) in [4.78, 5) is 2.34. The zero-order chi connectivity index (χ0) is 26.0. The van der Waals surface area contributed by atoms with Gasteiger partial charge in [-0.05, 0) is 58.5 Å². The molecular weight excluding hydrogens is 538 g/mol. The van der Waals surface area contributed by atoms with Gasteiger partial charge in [-0.1, -0.05) is 133 Å². The molecule has 184 valence electrons. The highest BCUT2D eigenvalue weighted by molar-refractivity contribution is 9.10. The summed E-state index contributed by atoms with van der Waals surface area (Å²) >= 11 is 10.4. The van der Waals surface area contributed by atoms with Gasteiger partial charge in [0.15, 0.2) is 0 Å². The summed E-state index contributed by atoms with van der Waals surface area (Å²) in [6.45, 7) is 6.74. The summed E-state index contributed by atoms with van der Waals surface area (Å²) in [6.07, 6.45) is 0. The molecule has 0 aromatic heterocycles. The van der Waals surface area contributed by atoms with E-state index in [2.05, 4.69) is 145 Å². The highest BCUT2D eigenvalue weighted by Crippen LogP contribution is 2.47. The normalized spacial score (nSPS) is 11.4. The monoisotopic (exact) mass is 565 g/mol. The lowest BCUT2D eigenvalue weighted by Gasteiger charge is -2.32. The molecule has 0 amide bonds. The van der Waals surface area contributed by atoms with Crippen LogP contribution in [-0.4, -0.2) is 0 Å². The average Bonchev–Trinajstić information content (AvgIpc) is 2.89. The first kappa shape index (κ1) is 25.3. The number of nitrogens with zero attached hydrogens (tertiary/aromatic N) is 1. The van der Waals surface area contributed by atoms with E-state index in [1.165, 1.54) is 5.56 Å². The molecule has 0 unspecified atom stereocenters. The van der Waals surface area contributed by atoms with E-state index in [9.17, 15) is 0 Å². The number of rotatable bonds is 5. The van der Waals surface area contributed by atoms with E-state index in [-0.39, 0.29) is 5.41 Å². The first-order valence-corrected chi connectivity index (χ1v) is 13.6. The largest absolute Gasteiger partial charge is 0.309 e. The second kappa shape index (κ2) is 10.6. The smallest absolute Gasteiger partial charge is 0.0618 e. The summed E-state index contributed by atoms with van der Waals surface area (Å²) in [5.41, 5.74) is 9.05. The molecule has 0 fully saturated rings. The molecule has 0 aliphatic rings. The maximum absolute atomic E-state index is 6.58. The van der Waals surface area contributed by atoms with Crippen LogP contribution < -0.4 is 4.90 Å². The molecule has 1 nitrogen and oxygen atoms in total. The van der Waals surface area contributed by atoms with Gasteiger partial charge >= 0.3 is 0 Å². The molecule has 0 bridgehead atoms. The minimum absolute atomic E-state index is 0.0141. The summed E-state index contributed by atoms with van der Waals surface area (Å²) in [6, 6.07) is 42.5. The van der Waals surface area contributed by atoms with Crippen molar-refractivity contribution in [1.29, 1.82) is 0 Å². The molecule has 0 radical (unpaired) electrons. The van der Waals surface area contributed by atoms with Gasteiger partial charge in [-0.25, -0.2) is 0 Å².